The van der Waals surface area contributed by atoms with Gasteiger partial charge in [0.25, 0.3) is 0 Å². The Morgan fingerprint density at radius 3 is 2.68 bits per heavy atom. The van der Waals surface area contributed by atoms with Crippen molar-refractivity contribution >= 4 is 22.6 Å². The molecular weight excluding hydrogens is 280 g/mol. The van der Waals surface area contributed by atoms with Crippen LogP contribution in [0.1, 0.15) is 26.7 Å². The molecule has 1 amide bonds. The number of likely N-dealkylation sites (tertiary alicyclic amines) is 1. The van der Waals surface area contributed by atoms with E-state index in [4.69, 9.17) is 0 Å². The molecule has 0 spiro atoms. The fraction of sp³-hybridized carbons (Fsp3) is 0.500. The quantitative estimate of drug-likeness (QED) is 0.810. The van der Waals surface area contributed by atoms with Gasteiger partial charge in [-0.05, 0) is 43.9 Å². The first-order chi connectivity index (χ1) is 10.5. The predicted molar refractivity (Wildman–Crippen MR) is 87.0 cm³/mol. The summed E-state index contributed by atoms with van der Waals surface area (Å²) in [6.45, 7) is 5.80. The van der Waals surface area contributed by atoms with Gasteiger partial charge in [-0.3, -0.25) is 4.79 Å². The number of rotatable bonds is 3. The number of carbonyl (C=O) groups is 1. The minimum absolute atomic E-state index is 0.134. The summed E-state index contributed by atoms with van der Waals surface area (Å²) in [5.74, 6) is 0.842. The van der Waals surface area contributed by atoms with Gasteiger partial charge in [0.15, 0.2) is 0 Å². The summed E-state index contributed by atoms with van der Waals surface area (Å²) >= 11 is 0. The number of nitrogens with zero attached hydrogens (tertiary/aromatic N) is 1. The highest BCUT2D eigenvalue weighted by molar-refractivity contribution is 5.86. The van der Waals surface area contributed by atoms with Crippen LogP contribution in [0, 0.1) is 5.92 Å². The Morgan fingerprint density at radius 2 is 1.95 bits per heavy atom. The van der Waals surface area contributed by atoms with Crippen molar-refractivity contribution in [3.05, 3.63) is 28.7 Å². The molecular formula is C16H22N4O2. The summed E-state index contributed by atoms with van der Waals surface area (Å²) in [6, 6.07) is 5.26. The van der Waals surface area contributed by atoms with Gasteiger partial charge in [-0.1, -0.05) is 6.92 Å². The SMILES string of the molecule is CC1CCN(C(=O)C(C)Nc2ccc3[nH]c(=O)[nH]c3c2)CC1. The number of hydrogen-bond donors (Lipinski definition) is 3. The first kappa shape index (κ1) is 14.7. The van der Waals surface area contributed by atoms with Crippen LogP contribution >= 0.6 is 0 Å². The van der Waals surface area contributed by atoms with Gasteiger partial charge in [-0.25, -0.2) is 4.79 Å². The molecule has 2 heterocycles. The smallest absolute Gasteiger partial charge is 0.323 e. The van der Waals surface area contributed by atoms with Gasteiger partial charge in [0.1, 0.15) is 6.04 Å². The van der Waals surface area contributed by atoms with E-state index < -0.39 is 0 Å². The van der Waals surface area contributed by atoms with Crippen LogP contribution in [0.4, 0.5) is 5.69 Å². The van der Waals surface area contributed by atoms with E-state index in [9.17, 15) is 9.59 Å². The fourth-order valence-corrected chi connectivity index (χ4v) is 2.94. The van der Waals surface area contributed by atoms with Crippen molar-refractivity contribution < 1.29 is 4.79 Å². The lowest BCUT2D eigenvalue weighted by molar-refractivity contribution is -0.132. The number of H-pyrrole nitrogens is 2. The van der Waals surface area contributed by atoms with Crippen LogP contribution in [0.3, 0.4) is 0 Å². The number of piperidine rings is 1. The number of fused-ring (bicyclic) bond motifs is 1. The molecule has 3 N–H and O–H groups in total. The standard InChI is InChI=1S/C16H22N4O2/c1-10-5-7-20(8-6-10)15(21)11(2)17-12-3-4-13-14(9-12)19-16(22)18-13/h3-4,9-11,17H,5-8H2,1-2H3,(H2,18,19,22). The molecule has 118 valence electrons. The summed E-state index contributed by atoms with van der Waals surface area (Å²) in [7, 11) is 0. The maximum absolute atomic E-state index is 12.5. The number of carbonyl (C=O) groups excluding carboxylic acids is 1. The third kappa shape index (κ3) is 3.00. The molecule has 22 heavy (non-hydrogen) atoms. The molecule has 0 radical (unpaired) electrons. The average molecular weight is 302 g/mol. The third-order valence-corrected chi connectivity index (χ3v) is 4.36. The fourth-order valence-electron chi connectivity index (χ4n) is 2.94. The van der Waals surface area contributed by atoms with Gasteiger partial charge in [0, 0.05) is 18.8 Å². The topological polar surface area (TPSA) is 81.0 Å². The Kier molecular flexibility index (Phi) is 3.92. The zero-order chi connectivity index (χ0) is 15.7. The molecule has 0 aliphatic carbocycles. The number of hydrogen-bond acceptors (Lipinski definition) is 3. The van der Waals surface area contributed by atoms with Crippen LogP contribution in [-0.4, -0.2) is 39.9 Å². The van der Waals surface area contributed by atoms with E-state index in [2.05, 4.69) is 22.2 Å². The summed E-state index contributed by atoms with van der Waals surface area (Å²) < 4.78 is 0. The monoisotopic (exact) mass is 302 g/mol. The molecule has 1 saturated heterocycles. The molecule has 0 saturated carbocycles. The summed E-state index contributed by atoms with van der Waals surface area (Å²) in [4.78, 5) is 31.1. The summed E-state index contributed by atoms with van der Waals surface area (Å²) in [6.07, 6.45) is 2.16. The van der Waals surface area contributed by atoms with E-state index in [-0.39, 0.29) is 17.6 Å². The highest BCUT2D eigenvalue weighted by Gasteiger charge is 2.24. The maximum atomic E-state index is 12.5. The minimum atomic E-state index is -0.281. The molecule has 1 fully saturated rings. The Hall–Kier alpha value is -2.24. The number of benzene rings is 1. The van der Waals surface area contributed by atoms with Gasteiger partial charge < -0.3 is 20.2 Å². The summed E-state index contributed by atoms with van der Waals surface area (Å²) in [5, 5.41) is 3.22. The van der Waals surface area contributed by atoms with Crippen LogP contribution in [0.25, 0.3) is 11.0 Å². The van der Waals surface area contributed by atoms with Crippen molar-refractivity contribution in [1.82, 2.24) is 14.9 Å². The molecule has 6 nitrogen and oxygen atoms in total. The van der Waals surface area contributed by atoms with E-state index in [1.165, 1.54) is 0 Å². The van der Waals surface area contributed by atoms with Gasteiger partial charge in [0.05, 0.1) is 11.0 Å². The van der Waals surface area contributed by atoms with Crippen molar-refractivity contribution in [2.45, 2.75) is 32.7 Å². The molecule has 6 heteroatoms. The van der Waals surface area contributed by atoms with Crippen LogP contribution in [0.2, 0.25) is 0 Å². The Bertz CT molecular complexity index is 725. The Morgan fingerprint density at radius 1 is 1.27 bits per heavy atom. The molecule has 1 aliphatic heterocycles. The molecule has 1 aromatic carbocycles. The second-order valence-corrected chi connectivity index (χ2v) is 6.21. The van der Waals surface area contributed by atoms with Crippen molar-refractivity contribution in [2.75, 3.05) is 18.4 Å². The maximum Gasteiger partial charge on any atom is 0.323 e. The van der Waals surface area contributed by atoms with Crippen molar-refractivity contribution in [3.63, 3.8) is 0 Å². The zero-order valence-electron chi connectivity index (χ0n) is 13.0. The van der Waals surface area contributed by atoms with Crippen LogP contribution in [-0.2, 0) is 4.79 Å². The molecule has 1 atom stereocenters. The van der Waals surface area contributed by atoms with Crippen molar-refractivity contribution in [1.29, 1.82) is 0 Å². The van der Waals surface area contributed by atoms with E-state index in [0.717, 1.165) is 42.7 Å². The Balaban J connectivity index is 1.67. The summed E-state index contributed by atoms with van der Waals surface area (Å²) in [5.41, 5.74) is 2.11. The zero-order valence-corrected chi connectivity index (χ0v) is 13.0. The second-order valence-electron chi connectivity index (χ2n) is 6.21. The third-order valence-electron chi connectivity index (χ3n) is 4.36. The number of anilines is 1. The van der Waals surface area contributed by atoms with Crippen LogP contribution in [0.5, 0.6) is 0 Å². The normalized spacial score (nSPS) is 17.6. The van der Waals surface area contributed by atoms with Gasteiger partial charge in [-0.15, -0.1) is 0 Å². The Labute approximate surface area is 128 Å². The van der Waals surface area contributed by atoms with E-state index in [1.807, 2.05) is 30.0 Å². The molecule has 3 rings (SSSR count). The van der Waals surface area contributed by atoms with Gasteiger partial charge in [-0.2, -0.15) is 0 Å². The number of aromatic nitrogens is 2. The first-order valence-electron chi connectivity index (χ1n) is 7.80. The van der Waals surface area contributed by atoms with Gasteiger partial charge >= 0.3 is 5.69 Å². The molecule has 1 unspecified atom stereocenters. The molecule has 0 bridgehead atoms. The van der Waals surface area contributed by atoms with Crippen LogP contribution in [0.15, 0.2) is 23.0 Å². The lowest BCUT2D eigenvalue weighted by Crippen LogP contribution is -2.45. The number of amides is 1. The predicted octanol–water partition coefficient (Wildman–Crippen LogP) is 1.92. The van der Waals surface area contributed by atoms with E-state index in [0.29, 0.717) is 5.92 Å². The highest BCUT2D eigenvalue weighted by Crippen LogP contribution is 2.19. The largest absolute Gasteiger partial charge is 0.374 e. The lowest BCUT2D eigenvalue weighted by atomic mass is 9.99. The van der Waals surface area contributed by atoms with Crippen LogP contribution < -0.4 is 11.0 Å². The number of imidazole rings is 1. The molecule has 1 aliphatic rings. The molecule has 1 aromatic heterocycles. The van der Waals surface area contributed by atoms with Crippen molar-refractivity contribution in [2.24, 2.45) is 5.92 Å². The van der Waals surface area contributed by atoms with Crippen molar-refractivity contribution in [3.8, 4) is 0 Å². The minimum Gasteiger partial charge on any atom is -0.374 e. The highest BCUT2D eigenvalue weighted by atomic mass is 16.2. The molecule has 2 aromatic rings. The average Bonchev–Trinajstić information content (AvgIpc) is 2.86. The lowest BCUT2D eigenvalue weighted by Gasteiger charge is -2.32. The second kappa shape index (κ2) is 5.87. The van der Waals surface area contributed by atoms with E-state index >= 15 is 0 Å². The van der Waals surface area contributed by atoms with E-state index in [1.54, 1.807) is 0 Å². The number of nitrogens with one attached hydrogen (secondary N) is 3. The van der Waals surface area contributed by atoms with Gasteiger partial charge in [0.2, 0.25) is 5.91 Å². The first-order valence-corrected chi connectivity index (χ1v) is 7.80. The number of aromatic amines is 2.